The van der Waals surface area contributed by atoms with Crippen molar-refractivity contribution >= 4 is 18.3 Å². The van der Waals surface area contributed by atoms with E-state index in [1.54, 1.807) is 0 Å². The van der Waals surface area contributed by atoms with Crippen LogP contribution < -0.4 is 10.6 Å². The molecule has 3 rings (SSSR count). The Morgan fingerprint density at radius 1 is 1.48 bits per heavy atom. The molecule has 1 aromatic heterocycles. The Kier molecular flexibility index (Phi) is 6.44. The van der Waals surface area contributed by atoms with Crippen LogP contribution in [0.15, 0.2) is 0 Å². The van der Waals surface area contributed by atoms with Crippen molar-refractivity contribution in [3.8, 4) is 0 Å². The van der Waals surface area contributed by atoms with Crippen molar-refractivity contribution in [1.82, 2.24) is 20.8 Å². The predicted molar refractivity (Wildman–Crippen MR) is 90.9 cm³/mol. The third kappa shape index (κ3) is 4.05. The summed E-state index contributed by atoms with van der Waals surface area (Å²) >= 11 is 0. The molecule has 2 atom stereocenters. The fourth-order valence-electron chi connectivity index (χ4n) is 3.54. The van der Waals surface area contributed by atoms with Crippen LogP contribution in [0.1, 0.15) is 48.4 Å². The average Bonchev–Trinajstić information content (AvgIpc) is 2.97. The number of aromatic nitrogens is 2. The Labute approximate surface area is 143 Å². The first kappa shape index (κ1) is 18.2. The molecule has 0 spiro atoms. The highest BCUT2D eigenvalue weighted by molar-refractivity contribution is 5.94. The summed E-state index contributed by atoms with van der Waals surface area (Å²) in [5, 5.41) is 13.6. The van der Waals surface area contributed by atoms with E-state index >= 15 is 0 Å². The maximum atomic E-state index is 12.4. The lowest BCUT2D eigenvalue weighted by molar-refractivity contribution is -0.0510. The zero-order valence-electron chi connectivity index (χ0n) is 13.9. The van der Waals surface area contributed by atoms with Gasteiger partial charge in [-0.1, -0.05) is 13.8 Å². The van der Waals surface area contributed by atoms with Gasteiger partial charge in [-0.25, -0.2) is 0 Å². The Balaban J connectivity index is 0.00000192. The lowest BCUT2D eigenvalue weighted by Gasteiger charge is -2.34. The van der Waals surface area contributed by atoms with Crippen LogP contribution in [0.25, 0.3) is 0 Å². The van der Waals surface area contributed by atoms with E-state index in [1.807, 2.05) is 0 Å². The minimum atomic E-state index is -0.0747. The number of carbonyl (C=O) groups excluding carboxylic acids is 1. The van der Waals surface area contributed by atoms with Gasteiger partial charge in [-0.2, -0.15) is 5.10 Å². The number of hydrogen-bond donors (Lipinski definition) is 3. The molecule has 0 saturated carbocycles. The maximum absolute atomic E-state index is 12.4. The minimum absolute atomic E-state index is 0. The highest BCUT2D eigenvalue weighted by Crippen LogP contribution is 2.26. The van der Waals surface area contributed by atoms with Gasteiger partial charge in [0, 0.05) is 49.8 Å². The van der Waals surface area contributed by atoms with Crippen LogP contribution in [0.2, 0.25) is 0 Å². The standard InChI is InChI=1S/C16H26N4O2.ClH/c1-10(2)15-11(4-3-7-22-15)8-18-16(21)14-12-9-17-6-5-13(12)19-20-14;/h10-11,15,17H,3-9H2,1-2H3,(H,18,21)(H,19,20);1H. The predicted octanol–water partition coefficient (Wildman–Crippen LogP) is 1.66. The molecule has 2 unspecified atom stereocenters. The first-order valence-corrected chi connectivity index (χ1v) is 8.33. The van der Waals surface area contributed by atoms with Crippen LogP contribution in [0, 0.1) is 11.8 Å². The van der Waals surface area contributed by atoms with Gasteiger partial charge in [0.15, 0.2) is 5.69 Å². The summed E-state index contributed by atoms with van der Waals surface area (Å²) < 4.78 is 5.88. The Bertz CT molecular complexity index is 532. The summed E-state index contributed by atoms with van der Waals surface area (Å²) in [6.45, 7) is 7.52. The molecule has 2 aliphatic rings. The van der Waals surface area contributed by atoms with Crippen LogP contribution in [0.4, 0.5) is 0 Å². The van der Waals surface area contributed by atoms with Crippen molar-refractivity contribution in [2.75, 3.05) is 19.7 Å². The van der Waals surface area contributed by atoms with Gasteiger partial charge >= 0.3 is 0 Å². The second-order valence-electron chi connectivity index (χ2n) is 6.65. The monoisotopic (exact) mass is 342 g/mol. The van der Waals surface area contributed by atoms with Crippen molar-refractivity contribution in [3.05, 3.63) is 17.0 Å². The maximum Gasteiger partial charge on any atom is 0.272 e. The fourth-order valence-corrected chi connectivity index (χ4v) is 3.54. The Morgan fingerprint density at radius 2 is 2.30 bits per heavy atom. The van der Waals surface area contributed by atoms with Crippen LogP contribution in [-0.2, 0) is 17.7 Å². The lowest BCUT2D eigenvalue weighted by Crippen LogP contribution is -2.41. The highest BCUT2D eigenvalue weighted by atomic mass is 35.5. The number of fused-ring (bicyclic) bond motifs is 1. The first-order chi connectivity index (χ1) is 10.7. The molecule has 1 amide bonds. The molecule has 1 saturated heterocycles. The van der Waals surface area contributed by atoms with Crippen molar-refractivity contribution < 1.29 is 9.53 Å². The smallest absolute Gasteiger partial charge is 0.272 e. The summed E-state index contributed by atoms with van der Waals surface area (Å²) in [5.41, 5.74) is 2.65. The van der Waals surface area contributed by atoms with Crippen molar-refractivity contribution in [2.24, 2.45) is 11.8 Å². The number of aromatic amines is 1. The molecule has 6 nitrogen and oxygen atoms in total. The van der Waals surface area contributed by atoms with E-state index in [4.69, 9.17) is 4.74 Å². The topological polar surface area (TPSA) is 79.0 Å². The second kappa shape index (κ2) is 8.13. The van der Waals surface area contributed by atoms with Gasteiger partial charge in [-0.05, 0) is 18.8 Å². The number of carbonyl (C=O) groups is 1. The van der Waals surface area contributed by atoms with Crippen molar-refractivity contribution in [2.45, 2.75) is 45.8 Å². The number of nitrogens with zero attached hydrogens (tertiary/aromatic N) is 1. The second-order valence-corrected chi connectivity index (χ2v) is 6.65. The lowest BCUT2D eigenvalue weighted by atomic mass is 9.87. The van der Waals surface area contributed by atoms with E-state index in [-0.39, 0.29) is 24.4 Å². The van der Waals surface area contributed by atoms with Gasteiger partial charge in [-0.3, -0.25) is 9.89 Å². The van der Waals surface area contributed by atoms with E-state index in [2.05, 4.69) is 34.7 Å². The van der Waals surface area contributed by atoms with Gasteiger partial charge in [0.2, 0.25) is 0 Å². The van der Waals surface area contributed by atoms with Gasteiger partial charge in [0.05, 0.1) is 6.10 Å². The largest absolute Gasteiger partial charge is 0.378 e. The van der Waals surface area contributed by atoms with Gasteiger partial charge in [0.1, 0.15) is 0 Å². The molecule has 0 aliphatic carbocycles. The quantitative estimate of drug-likeness (QED) is 0.777. The SMILES string of the molecule is CC(C)C1OCCCC1CNC(=O)c1n[nH]c2c1CNCC2.Cl. The number of H-pyrrole nitrogens is 1. The molecular formula is C16H27ClN4O2. The van der Waals surface area contributed by atoms with E-state index in [9.17, 15) is 4.79 Å². The van der Waals surface area contributed by atoms with Gasteiger partial charge in [0.25, 0.3) is 5.91 Å². The molecule has 3 N–H and O–H groups in total. The molecule has 0 radical (unpaired) electrons. The number of rotatable bonds is 4. The Morgan fingerprint density at radius 3 is 3.09 bits per heavy atom. The number of nitrogens with one attached hydrogen (secondary N) is 3. The summed E-state index contributed by atoms with van der Waals surface area (Å²) in [6, 6.07) is 0. The number of amides is 1. The molecule has 1 aromatic rings. The van der Waals surface area contributed by atoms with Crippen molar-refractivity contribution in [3.63, 3.8) is 0 Å². The summed E-state index contributed by atoms with van der Waals surface area (Å²) in [7, 11) is 0. The summed E-state index contributed by atoms with van der Waals surface area (Å²) in [4.78, 5) is 12.4. The van der Waals surface area contributed by atoms with Crippen LogP contribution in [-0.4, -0.2) is 41.9 Å². The van der Waals surface area contributed by atoms with Gasteiger partial charge < -0.3 is 15.4 Å². The molecule has 1 fully saturated rings. The Hall–Kier alpha value is -1.11. The fraction of sp³-hybridized carbons (Fsp3) is 0.750. The number of hydrogen-bond acceptors (Lipinski definition) is 4. The molecule has 3 heterocycles. The summed E-state index contributed by atoms with van der Waals surface area (Å²) in [6.07, 6.45) is 3.33. The number of ether oxygens (including phenoxy) is 1. The zero-order chi connectivity index (χ0) is 15.5. The molecule has 7 heteroatoms. The minimum Gasteiger partial charge on any atom is -0.378 e. The highest BCUT2D eigenvalue weighted by Gasteiger charge is 2.29. The van der Waals surface area contributed by atoms with Crippen LogP contribution in [0.3, 0.4) is 0 Å². The number of halogens is 1. The molecule has 2 aliphatic heterocycles. The molecule has 0 aromatic carbocycles. The third-order valence-electron chi connectivity index (χ3n) is 4.70. The third-order valence-corrected chi connectivity index (χ3v) is 4.70. The molecule has 0 bridgehead atoms. The van der Waals surface area contributed by atoms with E-state index in [1.165, 1.54) is 0 Å². The molecule has 130 valence electrons. The van der Waals surface area contributed by atoms with Crippen LogP contribution in [0.5, 0.6) is 0 Å². The van der Waals surface area contributed by atoms with E-state index in [0.29, 0.717) is 24.1 Å². The summed E-state index contributed by atoms with van der Waals surface area (Å²) in [5.74, 6) is 0.796. The van der Waals surface area contributed by atoms with Crippen molar-refractivity contribution in [1.29, 1.82) is 0 Å². The molecule has 23 heavy (non-hydrogen) atoms. The van der Waals surface area contributed by atoms with Crippen LogP contribution >= 0.6 is 12.4 Å². The normalized spacial score (nSPS) is 24.0. The zero-order valence-corrected chi connectivity index (χ0v) is 14.7. The van der Waals surface area contributed by atoms with Gasteiger partial charge in [-0.15, -0.1) is 12.4 Å². The first-order valence-electron chi connectivity index (χ1n) is 8.33. The molecular weight excluding hydrogens is 316 g/mol. The van der Waals surface area contributed by atoms with E-state index < -0.39 is 0 Å². The average molecular weight is 343 g/mol. The van der Waals surface area contributed by atoms with E-state index in [0.717, 1.165) is 50.2 Å².